The van der Waals surface area contributed by atoms with Crippen molar-refractivity contribution in [3.63, 3.8) is 0 Å². The predicted molar refractivity (Wildman–Crippen MR) is 109 cm³/mol. The van der Waals surface area contributed by atoms with Gasteiger partial charge in [0.2, 0.25) is 11.8 Å². The molecular formula is C22H35N3O2. The van der Waals surface area contributed by atoms with Gasteiger partial charge in [-0.25, -0.2) is 0 Å². The number of unbranched alkanes of at least 4 members (excludes halogenated alkanes) is 2. The molecule has 0 bridgehead atoms. The smallest absolute Gasteiger partial charge is 0.220 e. The number of carbonyl (C=O) groups excluding carboxylic acids is 2. The number of hydrogen-bond donors (Lipinski definition) is 2. The van der Waals surface area contributed by atoms with E-state index >= 15 is 0 Å². The third kappa shape index (κ3) is 8.57. The minimum absolute atomic E-state index is 0.00389. The van der Waals surface area contributed by atoms with E-state index < -0.39 is 0 Å². The highest BCUT2D eigenvalue weighted by Gasteiger charge is 2.17. The van der Waals surface area contributed by atoms with E-state index in [1.807, 2.05) is 0 Å². The molecule has 5 heteroatoms. The molecule has 0 aromatic heterocycles. The zero-order valence-corrected chi connectivity index (χ0v) is 16.9. The minimum atomic E-state index is 0.00389. The van der Waals surface area contributed by atoms with Crippen LogP contribution in [-0.2, 0) is 22.7 Å². The van der Waals surface area contributed by atoms with Crippen LogP contribution in [0.15, 0.2) is 24.3 Å². The first-order valence-corrected chi connectivity index (χ1v) is 10.4. The van der Waals surface area contributed by atoms with Gasteiger partial charge in [-0.15, -0.1) is 0 Å². The molecule has 1 aliphatic heterocycles. The normalized spacial score (nSPS) is 17.5. The molecule has 1 fully saturated rings. The fourth-order valence-corrected chi connectivity index (χ4v) is 3.53. The number of rotatable bonds is 10. The van der Waals surface area contributed by atoms with Gasteiger partial charge in [0, 0.05) is 39.0 Å². The molecular weight excluding hydrogens is 338 g/mol. The maximum absolute atomic E-state index is 11.9. The maximum Gasteiger partial charge on any atom is 0.220 e. The highest BCUT2D eigenvalue weighted by atomic mass is 16.2. The predicted octanol–water partition coefficient (Wildman–Crippen LogP) is 3.37. The largest absolute Gasteiger partial charge is 0.356 e. The zero-order valence-electron chi connectivity index (χ0n) is 16.9. The Balaban J connectivity index is 1.61. The Bertz CT molecular complexity index is 586. The van der Waals surface area contributed by atoms with Crippen molar-refractivity contribution in [1.29, 1.82) is 0 Å². The molecule has 0 aliphatic carbocycles. The van der Waals surface area contributed by atoms with Gasteiger partial charge in [0.25, 0.3) is 0 Å². The molecule has 1 heterocycles. The summed E-state index contributed by atoms with van der Waals surface area (Å²) in [6, 6.07) is 9.29. The molecule has 1 aromatic rings. The third-order valence-electron chi connectivity index (χ3n) is 5.29. The van der Waals surface area contributed by atoms with Gasteiger partial charge in [0.15, 0.2) is 0 Å². The van der Waals surface area contributed by atoms with E-state index in [1.165, 1.54) is 38.3 Å². The van der Waals surface area contributed by atoms with Crippen LogP contribution >= 0.6 is 0 Å². The first kappa shape index (κ1) is 21.4. The summed E-state index contributed by atoms with van der Waals surface area (Å²) in [5.41, 5.74) is 2.49. The first-order chi connectivity index (χ1) is 13.0. The van der Waals surface area contributed by atoms with Crippen LogP contribution in [0, 0.1) is 0 Å². The van der Waals surface area contributed by atoms with Crippen molar-refractivity contribution in [3.05, 3.63) is 35.4 Å². The Morgan fingerprint density at radius 1 is 1.04 bits per heavy atom. The summed E-state index contributed by atoms with van der Waals surface area (Å²) in [6.07, 6.45) is 7.25. The van der Waals surface area contributed by atoms with Crippen LogP contribution in [0.2, 0.25) is 0 Å². The number of carbonyl (C=O) groups is 2. The fraction of sp³-hybridized carbons (Fsp3) is 0.636. The van der Waals surface area contributed by atoms with E-state index in [-0.39, 0.29) is 11.8 Å². The second kappa shape index (κ2) is 11.8. The van der Waals surface area contributed by atoms with Crippen LogP contribution in [-0.4, -0.2) is 35.8 Å². The number of nitrogens with zero attached hydrogens (tertiary/aromatic N) is 1. The molecule has 0 saturated carbocycles. The first-order valence-electron chi connectivity index (χ1n) is 10.4. The van der Waals surface area contributed by atoms with Crippen LogP contribution in [0.1, 0.15) is 69.9 Å². The molecule has 2 rings (SSSR count). The molecule has 150 valence electrons. The SMILES string of the molecule is CC(=O)NCCCCCC(=O)NCc1ccc(CN2CCCCC2C)cc1. The summed E-state index contributed by atoms with van der Waals surface area (Å²) in [7, 11) is 0. The highest BCUT2D eigenvalue weighted by molar-refractivity contribution is 5.75. The lowest BCUT2D eigenvalue weighted by Gasteiger charge is -2.33. The van der Waals surface area contributed by atoms with Crippen molar-refractivity contribution in [3.8, 4) is 0 Å². The molecule has 1 aromatic carbocycles. The number of piperidine rings is 1. The van der Waals surface area contributed by atoms with Crippen LogP contribution in [0.5, 0.6) is 0 Å². The van der Waals surface area contributed by atoms with Crippen molar-refractivity contribution in [2.45, 2.75) is 77.9 Å². The Labute approximate surface area is 163 Å². The van der Waals surface area contributed by atoms with Crippen LogP contribution in [0.4, 0.5) is 0 Å². The second-order valence-corrected chi connectivity index (χ2v) is 7.70. The van der Waals surface area contributed by atoms with Gasteiger partial charge in [-0.2, -0.15) is 0 Å². The van der Waals surface area contributed by atoms with Crippen molar-refractivity contribution in [2.75, 3.05) is 13.1 Å². The highest BCUT2D eigenvalue weighted by Crippen LogP contribution is 2.19. The van der Waals surface area contributed by atoms with E-state index in [0.29, 0.717) is 25.6 Å². The van der Waals surface area contributed by atoms with Gasteiger partial charge in [0.1, 0.15) is 0 Å². The third-order valence-corrected chi connectivity index (χ3v) is 5.29. The maximum atomic E-state index is 11.9. The molecule has 0 spiro atoms. The van der Waals surface area contributed by atoms with Crippen molar-refractivity contribution < 1.29 is 9.59 Å². The summed E-state index contributed by atoms with van der Waals surface area (Å²) in [5, 5.41) is 5.77. The monoisotopic (exact) mass is 373 g/mol. The lowest BCUT2D eigenvalue weighted by molar-refractivity contribution is -0.121. The molecule has 0 radical (unpaired) electrons. The number of hydrogen-bond acceptors (Lipinski definition) is 3. The van der Waals surface area contributed by atoms with Gasteiger partial charge < -0.3 is 10.6 Å². The molecule has 1 atom stereocenters. The number of nitrogens with one attached hydrogen (secondary N) is 2. The number of amides is 2. The lowest BCUT2D eigenvalue weighted by Crippen LogP contribution is -2.36. The Morgan fingerprint density at radius 2 is 1.78 bits per heavy atom. The van der Waals surface area contributed by atoms with E-state index in [1.54, 1.807) is 0 Å². The summed E-state index contributed by atoms with van der Waals surface area (Å²) in [6.45, 7) is 7.35. The Morgan fingerprint density at radius 3 is 2.48 bits per heavy atom. The van der Waals surface area contributed by atoms with Crippen LogP contribution in [0.3, 0.4) is 0 Å². The van der Waals surface area contributed by atoms with Gasteiger partial charge in [-0.1, -0.05) is 37.1 Å². The minimum Gasteiger partial charge on any atom is -0.356 e. The Hall–Kier alpha value is -1.88. The van der Waals surface area contributed by atoms with E-state index in [0.717, 1.165) is 31.4 Å². The molecule has 5 nitrogen and oxygen atoms in total. The number of benzene rings is 1. The molecule has 1 saturated heterocycles. The van der Waals surface area contributed by atoms with Gasteiger partial charge in [-0.05, 0) is 50.3 Å². The van der Waals surface area contributed by atoms with Crippen LogP contribution < -0.4 is 10.6 Å². The summed E-state index contributed by atoms with van der Waals surface area (Å²) in [5.74, 6) is 0.102. The lowest BCUT2D eigenvalue weighted by atomic mass is 10.0. The molecule has 1 aliphatic rings. The standard InChI is InChI=1S/C22H35N3O2/c1-18-8-5-7-15-25(18)17-21-12-10-20(11-13-21)16-24-22(27)9-4-3-6-14-23-19(2)26/h10-13,18H,3-9,14-17H2,1-2H3,(H,23,26)(H,24,27). The molecule has 27 heavy (non-hydrogen) atoms. The van der Waals surface area contributed by atoms with Crippen molar-refractivity contribution >= 4 is 11.8 Å². The fourth-order valence-electron chi connectivity index (χ4n) is 3.53. The van der Waals surface area contributed by atoms with Gasteiger partial charge >= 0.3 is 0 Å². The summed E-state index contributed by atoms with van der Waals surface area (Å²) >= 11 is 0. The Kier molecular flexibility index (Phi) is 9.32. The molecule has 1 unspecified atom stereocenters. The molecule has 2 N–H and O–H groups in total. The summed E-state index contributed by atoms with van der Waals surface area (Å²) < 4.78 is 0. The summed E-state index contributed by atoms with van der Waals surface area (Å²) in [4.78, 5) is 25.3. The van der Waals surface area contributed by atoms with Crippen molar-refractivity contribution in [2.24, 2.45) is 0 Å². The van der Waals surface area contributed by atoms with E-state index in [2.05, 4.69) is 46.7 Å². The molecule has 2 amide bonds. The topological polar surface area (TPSA) is 61.4 Å². The van der Waals surface area contributed by atoms with Crippen LogP contribution in [0.25, 0.3) is 0 Å². The quantitative estimate of drug-likeness (QED) is 0.618. The average molecular weight is 374 g/mol. The second-order valence-electron chi connectivity index (χ2n) is 7.70. The van der Waals surface area contributed by atoms with E-state index in [4.69, 9.17) is 0 Å². The zero-order chi connectivity index (χ0) is 19.5. The average Bonchev–Trinajstić information content (AvgIpc) is 2.65. The van der Waals surface area contributed by atoms with E-state index in [9.17, 15) is 9.59 Å². The number of likely N-dealkylation sites (tertiary alicyclic amines) is 1. The van der Waals surface area contributed by atoms with Gasteiger partial charge in [0.05, 0.1) is 0 Å². The van der Waals surface area contributed by atoms with Crippen molar-refractivity contribution in [1.82, 2.24) is 15.5 Å². The van der Waals surface area contributed by atoms with Gasteiger partial charge in [-0.3, -0.25) is 14.5 Å².